The van der Waals surface area contributed by atoms with E-state index in [1.807, 2.05) is 12.4 Å². The van der Waals surface area contributed by atoms with Crippen LogP contribution in [0.5, 0.6) is 0 Å². The maximum absolute atomic E-state index is 13.0. The first-order valence-corrected chi connectivity index (χ1v) is 11.7. The molecular weight excluding hydrogens is 360 g/mol. The third-order valence-corrected chi connectivity index (χ3v) is 7.09. The Morgan fingerprint density at radius 3 is 2.55 bits per heavy atom. The normalized spacial score (nSPS) is 25.8. The van der Waals surface area contributed by atoms with Crippen LogP contribution < -0.4 is 5.32 Å². The molecule has 3 heterocycles. The average molecular weight is 399 g/mol. The van der Waals surface area contributed by atoms with Gasteiger partial charge in [-0.05, 0) is 88.2 Å². The van der Waals surface area contributed by atoms with Gasteiger partial charge in [0.1, 0.15) is 0 Å². The van der Waals surface area contributed by atoms with Gasteiger partial charge in [0.25, 0.3) is 0 Å². The zero-order chi connectivity index (χ0) is 20.3. The molecule has 4 rings (SSSR count). The van der Waals surface area contributed by atoms with Crippen molar-refractivity contribution in [3.05, 3.63) is 30.1 Å². The number of rotatable bonds is 7. The summed E-state index contributed by atoms with van der Waals surface area (Å²) in [5.41, 5.74) is 1.48. The Balaban J connectivity index is 1.24. The number of carbonyl (C=O) groups excluding carboxylic acids is 1. The lowest BCUT2D eigenvalue weighted by Crippen LogP contribution is -2.52. The van der Waals surface area contributed by atoms with Crippen LogP contribution in [-0.4, -0.2) is 58.5 Å². The quantitative estimate of drug-likeness (QED) is 0.764. The first-order valence-electron chi connectivity index (χ1n) is 11.7. The molecule has 3 fully saturated rings. The summed E-state index contributed by atoms with van der Waals surface area (Å²) in [6.07, 6.45) is 11.9. The number of nitrogens with one attached hydrogen (secondary N) is 1. The van der Waals surface area contributed by atoms with Crippen LogP contribution in [-0.2, 0) is 11.3 Å². The molecule has 2 aliphatic heterocycles. The molecule has 3 aliphatic rings. The van der Waals surface area contributed by atoms with Crippen molar-refractivity contribution in [2.24, 2.45) is 11.8 Å². The van der Waals surface area contributed by atoms with Gasteiger partial charge in [-0.3, -0.25) is 19.6 Å². The summed E-state index contributed by atoms with van der Waals surface area (Å²) < 4.78 is 0. The smallest absolute Gasteiger partial charge is 0.224 e. The van der Waals surface area contributed by atoms with E-state index in [2.05, 4.69) is 46.1 Å². The first kappa shape index (κ1) is 20.8. The molecule has 0 spiro atoms. The van der Waals surface area contributed by atoms with Crippen LogP contribution in [0, 0.1) is 11.8 Å². The van der Waals surface area contributed by atoms with E-state index in [0.717, 1.165) is 52.0 Å². The Kier molecular flexibility index (Phi) is 6.55. The number of likely N-dealkylation sites (tertiary alicyclic amines) is 2. The lowest BCUT2D eigenvalue weighted by Gasteiger charge is -2.42. The van der Waals surface area contributed by atoms with Crippen molar-refractivity contribution >= 4 is 5.91 Å². The van der Waals surface area contributed by atoms with Crippen molar-refractivity contribution in [1.82, 2.24) is 20.1 Å². The molecule has 5 heteroatoms. The minimum Gasteiger partial charge on any atom is -0.350 e. The van der Waals surface area contributed by atoms with Gasteiger partial charge in [0, 0.05) is 37.1 Å². The van der Waals surface area contributed by atoms with E-state index < -0.39 is 0 Å². The molecular formula is C24H38N4O. The van der Waals surface area contributed by atoms with Crippen LogP contribution in [0.1, 0.15) is 64.4 Å². The largest absolute Gasteiger partial charge is 0.350 e. The molecule has 0 unspecified atom stereocenters. The zero-order valence-electron chi connectivity index (χ0n) is 18.3. The summed E-state index contributed by atoms with van der Waals surface area (Å²) in [6.45, 7) is 9.97. The fourth-order valence-corrected chi connectivity index (χ4v) is 5.42. The summed E-state index contributed by atoms with van der Waals surface area (Å²) in [7, 11) is 0. The highest BCUT2D eigenvalue weighted by Gasteiger charge is 2.45. The first-order chi connectivity index (χ1) is 14.0. The van der Waals surface area contributed by atoms with E-state index in [0.29, 0.717) is 17.9 Å². The molecule has 1 aromatic rings. The second-order valence-corrected chi connectivity index (χ2v) is 10.1. The highest BCUT2D eigenvalue weighted by atomic mass is 16.2. The number of hydrogen-bond acceptors (Lipinski definition) is 4. The van der Waals surface area contributed by atoms with Gasteiger partial charge >= 0.3 is 0 Å². The maximum atomic E-state index is 13.0. The fourth-order valence-electron chi connectivity index (χ4n) is 5.42. The minimum atomic E-state index is 0.131. The Morgan fingerprint density at radius 1 is 1.17 bits per heavy atom. The molecule has 0 aromatic carbocycles. The van der Waals surface area contributed by atoms with E-state index in [9.17, 15) is 4.79 Å². The predicted molar refractivity (Wildman–Crippen MR) is 116 cm³/mol. The van der Waals surface area contributed by atoms with Gasteiger partial charge in [-0.2, -0.15) is 0 Å². The molecule has 1 atom stereocenters. The summed E-state index contributed by atoms with van der Waals surface area (Å²) >= 11 is 0. The van der Waals surface area contributed by atoms with Crippen molar-refractivity contribution in [3.8, 4) is 0 Å². The van der Waals surface area contributed by atoms with Crippen molar-refractivity contribution in [2.45, 2.75) is 76.9 Å². The number of carbonyl (C=O) groups is 1. The Morgan fingerprint density at radius 2 is 1.90 bits per heavy atom. The van der Waals surface area contributed by atoms with Crippen LogP contribution in [0.15, 0.2) is 24.5 Å². The van der Waals surface area contributed by atoms with E-state index in [4.69, 9.17) is 0 Å². The Labute approximate surface area is 176 Å². The van der Waals surface area contributed by atoms with Gasteiger partial charge in [-0.15, -0.1) is 0 Å². The van der Waals surface area contributed by atoms with Gasteiger partial charge in [0.2, 0.25) is 5.91 Å². The molecule has 5 nitrogen and oxygen atoms in total. The van der Waals surface area contributed by atoms with Crippen LogP contribution >= 0.6 is 0 Å². The second-order valence-electron chi connectivity index (χ2n) is 10.1. The number of pyridine rings is 1. The lowest BCUT2D eigenvalue weighted by atomic mass is 9.92. The summed E-state index contributed by atoms with van der Waals surface area (Å²) in [4.78, 5) is 22.3. The molecule has 1 aliphatic carbocycles. The third-order valence-electron chi connectivity index (χ3n) is 7.09. The fraction of sp³-hybridized carbons (Fsp3) is 0.750. The number of aromatic nitrogens is 1. The zero-order valence-corrected chi connectivity index (χ0v) is 18.3. The molecule has 0 radical (unpaired) electrons. The van der Waals surface area contributed by atoms with Crippen molar-refractivity contribution < 1.29 is 4.79 Å². The highest BCUT2D eigenvalue weighted by Crippen LogP contribution is 2.41. The third kappa shape index (κ3) is 5.58. The van der Waals surface area contributed by atoms with Gasteiger partial charge in [0.05, 0.1) is 5.92 Å². The van der Waals surface area contributed by atoms with Gasteiger partial charge in [0.15, 0.2) is 0 Å². The van der Waals surface area contributed by atoms with Gasteiger partial charge in [-0.1, -0.05) is 13.8 Å². The standard InChI is InChI=1S/C24H38N4O/c1-19(2)16-24(9-10-24)26-23(29)21-4-3-13-28(18-21)22-7-14-27(15-8-22)17-20-5-11-25-12-6-20/h5-6,11-12,19,21-22H,3-4,7-10,13-18H2,1-2H3,(H,26,29)/t21-/m1/s1. The maximum Gasteiger partial charge on any atom is 0.224 e. The Hall–Kier alpha value is -1.46. The van der Waals surface area contributed by atoms with Crippen LogP contribution in [0.4, 0.5) is 0 Å². The van der Waals surface area contributed by atoms with Gasteiger partial charge in [-0.25, -0.2) is 0 Å². The van der Waals surface area contributed by atoms with Crippen LogP contribution in [0.25, 0.3) is 0 Å². The number of nitrogens with zero attached hydrogens (tertiary/aromatic N) is 3. The molecule has 2 saturated heterocycles. The molecule has 160 valence electrons. The molecule has 1 aromatic heterocycles. The molecule has 1 N–H and O–H groups in total. The Bertz CT molecular complexity index is 665. The van der Waals surface area contributed by atoms with Crippen molar-refractivity contribution in [3.63, 3.8) is 0 Å². The number of hydrogen-bond donors (Lipinski definition) is 1. The van der Waals surface area contributed by atoms with Crippen molar-refractivity contribution in [2.75, 3.05) is 26.2 Å². The predicted octanol–water partition coefficient (Wildman–Crippen LogP) is 3.45. The van der Waals surface area contributed by atoms with Crippen molar-refractivity contribution in [1.29, 1.82) is 0 Å². The van der Waals surface area contributed by atoms with Gasteiger partial charge < -0.3 is 5.32 Å². The number of amides is 1. The molecule has 0 bridgehead atoms. The minimum absolute atomic E-state index is 0.131. The highest BCUT2D eigenvalue weighted by molar-refractivity contribution is 5.80. The van der Waals surface area contributed by atoms with E-state index >= 15 is 0 Å². The molecule has 1 amide bonds. The summed E-state index contributed by atoms with van der Waals surface area (Å²) in [5, 5.41) is 3.45. The topological polar surface area (TPSA) is 48.5 Å². The summed E-state index contributed by atoms with van der Waals surface area (Å²) in [6, 6.07) is 4.88. The molecule has 29 heavy (non-hydrogen) atoms. The SMILES string of the molecule is CC(C)CC1(NC(=O)[C@@H]2CCCN(C3CCN(Cc4ccncc4)CC3)C2)CC1. The molecule has 1 saturated carbocycles. The van der Waals surface area contributed by atoms with E-state index in [-0.39, 0.29) is 11.5 Å². The van der Waals surface area contributed by atoms with E-state index in [1.165, 1.54) is 31.2 Å². The monoisotopic (exact) mass is 398 g/mol. The summed E-state index contributed by atoms with van der Waals surface area (Å²) in [5.74, 6) is 1.16. The van der Waals surface area contributed by atoms with Crippen LogP contribution in [0.2, 0.25) is 0 Å². The lowest BCUT2D eigenvalue weighted by molar-refractivity contribution is -0.128. The number of piperidine rings is 2. The average Bonchev–Trinajstić information content (AvgIpc) is 3.47. The second kappa shape index (κ2) is 9.13. The van der Waals surface area contributed by atoms with Crippen LogP contribution in [0.3, 0.4) is 0 Å². The van der Waals surface area contributed by atoms with E-state index in [1.54, 1.807) is 0 Å².